The first-order chi connectivity index (χ1) is 10.7. The number of likely N-dealkylation sites (tertiary alicyclic amines) is 1. The summed E-state index contributed by atoms with van der Waals surface area (Å²) >= 11 is 0. The van der Waals surface area contributed by atoms with Crippen LogP contribution in [-0.2, 0) is 0 Å². The van der Waals surface area contributed by atoms with Gasteiger partial charge in [0.15, 0.2) is 18.3 Å². The van der Waals surface area contributed by atoms with E-state index in [9.17, 15) is 9.18 Å². The first-order valence-corrected chi connectivity index (χ1v) is 7.40. The van der Waals surface area contributed by atoms with E-state index < -0.39 is 0 Å². The Morgan fingerprint density at radius 2 is 2.05 bits per heavy atom. The van der Waals surface area contributed by atoms with Gasteiger partial charge in [-0.3, -0.25) is 9.69 Å². The molecule has 6 heteroatoms. The van der Waals surface area contributed by atoms with Gasteiger partial charge >= 0.3 is 0 Å². The molecule has 1 fully saturated rings. The number of nitrogens with zero attached hydrogens (tertiary/aromatic N) is 2. The van der Waals surface area contributed by atoms with Crippen molar-refractivity contribution in [3.63, 3.8) is 0 Å². The maximum Gasteiger partial charge on any atom is 0.270 e. The fourth-order valence-corrected chi connectivity index (χ4v) is 2.99. The molecule has 0 radical (unpaired) electrons. The lowest BCUT2D eigenvalue weighted by Gasteiger charge is -2.17. The van der Waals surface area contributed by atoms with Gasteiger partial charge in [-0.25, -0.2) is 4.39 Å². The van der Waals surface area contributed by atoms with Crippen LogP contribution in [0.25, 0.3) is 0 Å². The van der Waals surface area contributed by atoms with Gasteiger partial charge in [0.25, 0.3) is 5.91 Å². The van der Waals surface area contributed by atoms with Crippen molar-refractivity contribution in [2.75, 3.05) is 24.7 Å². The Morgan fingerprint density at radius 1 is 1.23 bits per heavy atom. The quantitative estimate of drug-likeness (QED) is 0.928. The first kappa shape index (κ1) is 13.2. The van der Waals surface area contributed by atoms with Gasteiger partial charge in [-0.1, -0.05) is 6.07 Å². The SMILES string of the molecule is O=C(c1cc2c([nH]1)N(c1cccc(F)c1)CO2)N1CCCC1. The van der Waals surface area contributed by atoms with Crippen molar-refractivity contribution in [1.82, 2.24) is 9.88 Å². The number of H-pyrrole nitrogens is 1. The second kappa shape index (κ2) is 5.05. The lowest BCUT2D eigenvalue weighted by molar-refractivity contribution is 0.0787. The molecule has 0 atom stereocenters. The summed E-state index contributed by atoms with van der Waals surface area (Å²) in [6.07, 6.45) is 2.11. The van der Waals surface area contributed by atoms with Gasteiger partial charge in [-0.05, 0) is 31.0 Å². The highest BCUT2D eigenvalue weighted by Crippen LogP contribution is 2.39. The number of hydrogen-bond donors (Lipinski definition) is 1. The molecular formula is C16H16FN3O2. The number of hydrogen-bond acceptors (Lipinski definition) is 3. The number of amides is 1. The highest BCUT2D eigenvalue weighted by atomic mass is 19.1. The van der Waals surface area contributed by atoms with E-state index in [-0.39, 0.29) is 11.7 Å². The van der Waals surface area contributed by atoms with E-state index in [1.807, 2.05) is 15.9 Å². The van der Waals surface area contributed by atoms with Gasteiger partial charge in [-0.2, -0.15) is 0 Å². The Hall–Kier alpha value is -2.50. The Labute approximate surface area is 127 Å². The van der Waals surface area contributed by atoms with Crippen molar-refractivity contribution in [2.45, 2.75) is 12.8 Å². The number of carbonyl (C=O) groups excluding carboxylic acids is 1. The zero-order chi connectivity index (χ0) is 15.1. The third-order valence-corrected chi connectivity index (χ3v) is 4.12. The topological polar surface area (TPSA) is 48.6 Å². The Balaban J connectivity index is 1.63. The standard InChI is InChI=1S/C16H16FN3O2/c17-11-4-3-5-12(8-11)20-10-22-14-9-13(18-15(14)20)16(21)19-6-1-2-7-19/h3-5,8-9,18H,1-2,6-7,10H2. The van der Waals surface area contributed by atoms with Crippen molar-refractivity contribution in [1.29, 1.82) is 0 Å². The van der Waals surface area contributed by atoms with Gasteiger partial charge in [-0.15, -0.1) is 0 Å². The molecule has 0 unspecified atom stereocenters. The van der Waals surface area contributed by atoms with Crippen LogP contribution in [0.3, 0.4) is 0 Å². The largest absolute Gasteiger partial charge is 0.469 e. The van der Waals surface area contributed by atoms with Crippen molar-refractivity contribution in [2.24, 2.45) is 0 Å². The first-order valence-electron chi connectivity index (χ1n) is 7.40. The molecule has 0 aliphatic carbocycles. The van der Waals surface area contributed by atoms with E-state index in [1.54, 1.807) is 12.1 Å². The fraction of sp³-hybridized carbons (Fsp3) is 0.312. The molecule has 0 spiro atoms. The summed E-state index contributed by atoms with van der Waals surface area (Å²) in [6, 6.07) is 8.04. The summed E-state index contributed by atoms with van der Waals surface area (Å²) in [5, 5.41) is 0. The maximum atomic E-state index is 13.4. The van der Waals surface area contributed by atoms with E-state index in [0.29, 0.717) is 29.7 Å². The summed E-state index contributed by atoms with van der Waals surface area (Å²) in [5.74, 6) is 1.03. The fourth-order valence-electron chi connectivity index (χ4n) is 2.99. The molecular weight excluding hydrogens is 285 g/mol. The third-order valence-electron chi connectivity index (χ3n) is 4.12. The van der Waals surface area contributed by atoms with Crippen LogP contribution in [0, 0.1) is 5.82 Å². The molecule has 2 aliphatic heterocycles. The molecule has 2 aliphatic rings. The van der Waals surface area contributed by atoms with Gasteiger partial charge in [0.1, 0.15) is 11.5 Å². The zero-order valence-corrected chi connectivity index (χ0v) is 12.0. The lowest BCUT2D eigenvalue weighted by Crippen LogP contribution is -2.28. The third kappa shape index (κ3) is 2.11. The normalized spacial score (nSPS) is 16.8. The number of carbonyl (C=O) groups is 1. The molecule has 1 N–H and O–H groups in total. The average molecular weight is 301 g/mol. The Morgan fingerprint density at radius 3 is 2.82 bits per heavy atom. The van der Waals surface area contributed by atoms with E-state index in [4.69, 9.17) is 4.74 Å². The number of aromatic nitrogens is 1. The van der Waals surface area contributed by atoms with Crippen LogP contribution >= 0.6 is 0 Å². The van der Waals surface area contributed by atoms with Crippen molar-refractivity contribution in [3.8, 4) is 5.75 Å². The molecule has 2 aromatic rings. The van der Waals surface area contributed by atoms with Crippen molar-refractivity contribution in [3.05, 3.63) is 41.8 Å². The van der Waals surface area contributed by atoms with Crippen LogP contribution in [0.5, 0.6) is 5.75 Å². The molecule has 114 valence electrons. The summed E-state index contributed by atoms with van der Waals surface area (Å²) in [5.41, 5.74) is 1.22. The van der Waals surface area contributed by atoms with E-state index in [2.05, 4.69) is 4.98 Å². The number of rotatable bonds is 2. The Kier molecular flexibility index (Phi) is 3.03. The average Bonchev–Trinajstić information content (AvgIpc) is 3.23. The van der Waals surface area contributed by atoms with Gasteiger partial charge in [0.05, 0.1) is 0 Å². The van der Waals surface area contributed by atoms with E-state index in [1.165, 1.54) is 12.1 Å². The number of nitrogens with one attached hydrogen (secondary N) is 1. The molecule has 1 saturated heterocycles. The molecule has 5 nitrogen and oxygen atoms in total. The smallest absolute Gasteiger partial charge is 0.270 e. The van der Waals surface area contributed by atoms with Crippen LogP contribution in [0.2, 0.25) is 0 Å². The van der Waals surface area contributed by atoms with Crippen LogP contribution in [0.1, 0.15) is 23.3 Å². The van der Waals surface area contributed by atoms with Crippen molar-refractivity contribution < 1.29 is 13.9 Å². The minimum absolute atomic E-state index is 0.00491. The minimum atomic E-state index is -0.300. The molecule has 3 heterocycles. The predicted molar refractivity (Wildman–Crippen MR) is 80.0 cm³/mol. The molecule has 0 saturated carbocycles. The second-order valence-electron chi connectivity index (χ2n) is 5.58. The van der Waals surface area contributed by atoms with Crippen LogP contribution in [0.4, 0.5) is 15.9 Å². The van der Waals surface area contributed by atoms with E-state index >= 15 is 0 Å². The van der Waals surface area contributed by atoms with Crippen LogP contribution in [0.15, 0.2) is 30.3 Å². The number of aromatic amines is 1. The molecule has 1 aromatic carbocycles. The van der Waals surface area contributed by atoms with Gasteiger partial charge < -0.3 is 14.6 Å². The van der Waals surface area contributed by atoms with Crippen LogP contribution in [-0.4, -0.2) is 35.6 Å². The number of fused-ring (bicyclic) bond motifs is 1. The second-order valence-corrected chi connectivity index (χ2v) is 5.58. The highest BCUT2D eigenvalue weighted by Gasteiger charge is 2.29. The molecule has 1 amide bonds. The predicted octanol–water partition coefficient (Wildman–Crippen LogP) is 2.88. The van der Waals surface area contributed by atoms with Crippen molar-refractivity contribution >= 4 is 17.4 Å². The molecule has 4 rings (SSSR count). The Bertz CT molecular complexity index is 722. The number of halogens is 1. The molecule has 1 aromatic heterocycles. The zero-order valence-electron chi connectivity index (χ0n) is 12.0. The lowest BCUT2D eigenvalue weighted by atomic mass is 10.3. The molecule has 22 heavy (non-hydrogen) atoms. The summed E-state index contributed by atoms with van der Waals surface area (Å²) in [6.45, 7) is 1.91. The summed E-state index contributed by atoms with van der Waals surface area (Å²) in [4.78, 5) is 19.2. The summed E-state index contributed by atoms with van der Waals surface area (Å²) < 4.78 is 19.0. The van der Waals surface area contributed by atoms with Crippen LogP contribution < -0.4 is 9.64 Å². The van der Waals surface area contributed by atoms with Gasteiger partial charge in [0.2, 0.25) is 0 Å². The minimum Gasteiger partial charge on any atom is -0.469 e. The molecule has 0 bridgehead atoms. The van der Waals surface area contributed by atoms with Gasteiger partial charge in [0, 0.05) is 24.8 Å². The number of anilines is 2. The summed E-state index contributed by atoms with van der Waals surface area (Å²) in [7, 11) is 0. The highest BCUT2D eigenvalue weighted by molar-refractivity contribution is 5.94. The number of benzene rings is 1. The number of ether oxygens (including phenoxy) is 1. The maximum absolute atomic E-state index is 13.4. The van der Waals surface area contributed by atoms with E-state index in [0.717, 1.165) is 25.9 Å². The monoisotopic (exact) mass is 301 g/mol.